The summed E-state index contributed by atoms with van der Waals surface area (Å²) < 4.78 is 5.16. The topological polar surface area (TPSA) is 102 Å². The molecule has 6 nitrogen and oxygen atoms in total. The van der Waals surface area contributed by atoms with Crippen LogP contribution in [0.5, 0.6) is 0 Å². The van der Waals surface area contributed by atoms with Crippen LogP contribution in [0.4, 0.5) is 0 Å². The Bertz CT molecular complexity index is 211. The van der Waals surface area contributed by atoms with E-state index in [-0.39, 0.29) is 0 Å². The summed E-state index contributed by atoms with van der Waals surface area (Å²) in [5.41, 5.74) is 0. The minimum absolute atomic E-state index is 0.392. The van der Waals surface area contributed by atoms with Gasteiger partial charge in [-0.3, -0.25) is 5.32 Å². The lowest BCUT2D eigenvalue weighted by molar-refractivity contribution is -0.235. The molecule has 0 bridgehead atoms. The second-order valence-electron chi connectivity index (χ2n) is 3.45. The molecule has 0 saturated carbocycles. The molecule has 6 heteroatoms. The number of hydrogen-bond donors (Lipinski definition) is 5. The monoisotopic (exact) mass is 219 g/mol. The molecule has 1 heterocycles. The normalized spacial score (nSPS) is 41.5. The third-order valence-electron chi connectivity index (χ3n) is 2.36. The van der Waals surface area contributed by atoms with Gasteiger partial charge in [0.1, 0.15) is 30.6 Å². The Labute approximate surface area is 87.8 Å². The number of rotatable bonds is 4. The minimum Gasteiger partial charge on any atom is -0.394 e. The van der Waals surface area contributed by atoms with Crippen molar-refractivity contribution in [3.8, 4) is 0 Å². The van der Waals surface area contributed by atoms with Crippen molar-refractivity contribution in [3.05, 3.63) is 12.7 Å². The Balaban J connectivity index is 2.60. The van der Waals surface area contributed by atoms with Gasteiger partial charge in [0.15, 0.2) is 0 Å². The highest BCUT2D eigenvalue weighted by atomic mass is 16.6. The van der Waals surface area contributed by atoms with Gasteiger partial charge in [0.05, 0.1) is 6.61 Å². The third kappa shape index (κ3) is 2.75. The molecule has 0 radical (unpaired) electrons. The molecule has 0 aliphatic carbocycles. The van der Waals surface area contributed by atoms with E-state index >= 15 is 0 Å². The number of hydrogen-bond acceptors (Lipinski definition) is 6. The van der Waals surface area contributed by atoms with Crippen LogP contribution in [0.1, 0.15) is 0 Å². The summed E-state index contributed by atoms with van der Waals surface area (Å²) in [4.78, 5) is 0. The summed E-state index contributed by atoms with van der Waals surface area (Å²) in [5, 5.41) is 40.0. The zero-order valence-corrected chi connectivity index (χ0v) is 8.28. The SMILES string of the molecule is C=CCN[C@@H]1O[C@H](CO)[C@H](O)[C@H](O)[C@H]1O. The Hall–Kier alpha value is -0.500. The average molecular weight is 219 g/mol. The third-order valence-corrected chi connectivity index (χ3v) is 2.36. The fraction of sp³-hybridized carbons (Fsp3) is 0.778. The largest absolute Gasteiger partial charge is 0.394 e. The second-order valence-corrected chi connectivity index (χ2v) is 3.45. The highest BCUT2D eigenvalue weighted by molar-refractivity contribution is 4.91. The van der Waals surface area contributed by atoms with Gasteiger partial charge in [0.25, 0.3) is 0 Å². The molecule has 1 rings (SSSR count). The van der Waals surface area contributed by atoms with Crippen LogP contribution in [-0.2, 0) is 4.74 Å². The lowest BCUT2D eigenvalue weighted by Crippen LogP contribution is -2.62. The fourth-order valence-corrected chi connectivity index (χ4v) is 1.47. The maximum Gasteiger partial charge on any atom is 0.137 e. The van der Waals surface area contributed by atoms with E-state index in [1.807, 2.05) is 0 Å². The molecule has 0 spiro atoms. The molecule has 1 saturated heterocycles. The predicted octanol–water partition coefficient (Wildman–Crippen LogP) is -2.44. The van der Waals surface area contributed by atoms with E-state index in [2.05, 4.69) is 11.9 Å². The minimum atomic E-state index is -1.33. The average Bonchev–Trinajstić information content (AvgIpc) is 2.25. The van der Waals surface area contributed by atoms with Crippen molar-refractivity contribution in [2.45, 2.75) is 30.6 Å². The summed E-state index contributed by atoms with van der Waals surface area (Å²) in [7, 11) is 0. The smallest absolute Gasteiger partial charge is 0.137 e. The van der Waals surface area contributed by atoms with Crippen molar-refractivity contribution in [3.63, 3.8) is 0 Å². The van der Waals surface area contributed by atoms with E-state index in [1.54, 1.807) is 6.08 Å². The molecule has 0 aromatic heterocycles. The second kappa shape index (κ2) is 5.55. The van der Waals surface area contributed by atoms with Crippen molar-refractivity contribution in [1.29, 1.82) is 0 Å². The Kier molecular flexibility index (Phi) is 4.65. The molecule has 1 aliphatic rings. The molecule has 5 N–H and O–H groups in total. The first-order valence-electron chi connectivity index (χ1n) is 4.76. The van der Waals surface area contributed by atoms with E-state index in [9.17, 15) is 15.3 Å². The maximum atomic E-state index is 9.53. The molecule has 0 aromatic carbocycles. The number of nitrogens with one attached hydrogen (secondary N) is 1. The van der Waals surface area contributed by atoms with Crippen LogP contribution in [0, 0.1) is 0 Å². The van der Waals surface area contributed by atoms with Crippen LogP contribution < -0.4 is 5.32 Å². The molecule has 1 aliphatic heterocycles. The van der Waals surface area contributed by atoms with Gasteiger partial charge in [-0.25, -0.2) is 0 Å². The van der Waals surface area contributed by atoms with Gasteiger partial charge >= 0.3 is 0 Å². The first-order valence-corrected chi connectivity index (χ1v) is 4.76. The summed E-state index contributed by atoms with van der Waals surface area (Å²) in [6.45, 7) is 3.45. The Morgan fingerprint density at radius 3 is 2.40 bits per heavy atom. The first-order chi connectivity index (χ1) is 7.11. The van der Waals surface area contributed by atoms with Gasteiger partial charge in [-0.1, -0.05) is 6.08 Å². The van der Waals surface area contributed by atoms with Crippen LogP contribution in [0.25, 0.3) is 0 Å². The summed E-state index contributed by atoms with van der Waals surface area (Å²) in [6, 6.07) is 0. The highest BCUT2D eigenvalue weighted by Crippen LogP contribution is 2.19. The van der Waals surface area contributed by atoms with Crippen molar-refractivity contribution in [1.82, 2.24) is 5.32 Å². The summed E-state index contributed by atoms with van der Waals surface area (Å²) in [6.07, 6.45) is -4.00. The van der Waals surface area contributed by atoms with Gasteiger partial charge in [-0.2, -0.15) is 0 Å². The van der Waals surface area contributed by atoms with Gasteiger partial charge in [-0.15, -0.1) is 6.58 Å². The zero-order valence-electron chi connectivity index (χ0n) is 8.28. The molecule has 5 atom stereocenters. The quantitative estimate of drug-likeness (QED) is 0.337. The van der Waals surface area contributed by atoms with Crippen molar-refractivity contribution in [2.24, 2.45) is 0 Å². The van der Waals surface area contributed by atoms with Gasteiger partial charge in [-0.05, 0) is 0 Å². The number of aliphatic hydroxyl groups excluding tert-OH is 4. The molecule has 88 valence electrons. The van der Waals surface area contributed by atoms with Crippen LogP contribution in [0.15, 0.2) is 12.7 Å². The van der Waals surface area contributed by atoms with Crippen LogP contribution >= 0.6 is 0 Å². The summed E-state index contributed by atoms with van der Waals surface area (Å²) in [5.74, 6) is 0. The van der Waals surface area contributed by atoms with E-state index in [1.165, 1.54) is 0 Å². The highest BCUT2D eigenvalue weighted by Gasteiger charge is 2.42. The maximum absolute atomic E-state index is 9.53. The van der Waals surface area contributed by atoms with Crippen molar-refractivity contribution in [2.75, 3.05) is 13.2 Å². The van der Waals surface area contributed by atoms with E-state index < -0.39 is 37.3 Å². The van der Waals surface area contributed by atoms with Crippen LogP contribution in [0.2, 0.25) is 0 Å². The number of ether oxygens (including phenoxy) is 1. The van der Waals surface area contributed by atoms with E-state index in [4.69, 9.17) is 9.84 Å². The molecule has 0 aromatic rings. The fourth-order valence-electron chi connectivity index (χ4n) is 1.47. The van der Waals surface area contributed by atoms with Crippen LogP contribution in [0.3, 0.4) is 0 Å². The lowest BCUT2D eigenvalue weighted by Gasteiger charge is -2.40. The molecular weight excluding hydrogens is 202 g/mol. The Morgan fingerprint density at radius 2 is 1.87 bits per heavy atom. The Morgan fingerprint density at radius 1 is 1.20 bits per heavy atom. The standard InChI is InChI=1S/C9H17NO5/c1-2-3-10-9-8(14)7(13)6(12)5(4-11)15-9/h2,5-14H,1,3-4H2/t5-,6+,7+,8-,9-/m1/s1. The number of aliphatic hydroxyl groups is 4. The molecular formula is C9H17NO5. The van der Waals surface area contributed by atoms with Crippen LogP contribution in [-0.4, -0.2) is 64.2 Å². The van der Waals surface area contributed by atoms with Gasteiger partial charge in [0, 0.05) is 6.54 Å². The molecule has 15 heavy (non-hydrogen) atoms. The molecule has 0 amide bonds. The van der Waals surface area contributed by atoms with Crippen molar-refractivity contribution >= 4 is 0 Å². The van der Waals surface area contributed by atoms with Gasteiger partial charge < -0.3 is 25.2 Å². The summed E-state index contributed by atoms with van der Waals surface area (Å²) >= 11 is 0. The molecule has 0 unspecified atom stereocenters. The van der Waals surface area contributed by atoms with E-state index in [0.29, 0.717) is 6.54 Å². The predicted molar refractivity (Wildman–Crippen MR) is 52.0 cm³/mol. The molecule has 1 fully saturated rings. The van der Waals surface area contributed by atoms with Crippen molar-refractivity contribution < 1.29 is 25.2 Å². The lowest BCUT2D eigenvalue weighted by atomic mass is 9.98. The first kappa shape index (κ1) is 12.6. The van der Waals surface area contributed by atoms with Gasteiger partial charge in [0.2, 0.25) is 0 Å². The zero-order chi connectivity index (χ0) is 11.4. The van der Waals surface area contributed by atoms with E-state index in [0.717, 1.165) is 0 Å².